The fourth-order valence-electron chi connectivity index (χ4n) is 1.05. The SMILES string of the molecule is Cn1cnnc1NCc1cncnc1. The highest BCUT2D eigenvalue weighted by Crippen LogP contribution is 2.01. The lowest BCUT2D eigenvalue weighted by atomic mass is 10.3. The molecule has 0 aromatic carbocycles. The van der Waals surface area contributed by atoms with Crippen molar-refractivity contribution in [2.45, 2.75) is 6.54 Å². The summed E-state index contributed by atoms with van der Waals surface area (Å²) in [6, 6.07) is 0. The summed E-state index contributed by atoms with van der Waals surface area (Å²) in [6.07, 6.45) is 6.67. The molecule has 0 atom stereocenters. The highest BCUT2D eigenvalue weighted by molar-refractivity contribution is 5.24. The summed E-state index contributed by atoms with van der Waals surface area (Å²) in [7, 11) is 1.88. The van der Waals surface area contributed by atoms with Crippen LogP contribution in [0.15, 0.2) is 25.0 Å². The number of aromatic nitrogens is 5. The maximum absolute atomic E-state index is 3.91. The van der Waals surface area contributed by atoms with E-state index in [0.717, 1.165) is 11.5 Å². The van der Waals surface area contributed by atoms with Gasteiger partial charge in [0.05, 0.1) is 0 Å². The molecule has 0 aliphatic heterocycles. The van der Waals surface area contributed by atoms with Gasteiger partial charge in [-0.3, -0.25) is 0 Å². The molecule has 6 heteroatoms. The molecule has 0 saturated heterocycles. The minimum Gasteiger partial charge on any atom is -0.350 e. The van der Waals surface area contributed by atoms with Crippen molar-refractivity contribution in [1.82, 2.24) is 24.7 Å². The maximum Gasteiger partial charge on any atom is 0.224 e. The smallest absolute Gasteiger partial charge is 0.224 e. The van der Waals surface area contributed by atoms with Crippen molar-refractivity contribution in [3.63, 3.8) is 0 Å². The average molecular weight is 190 g/mol. The summed E-state index contributed by atoms with van der Waals surface area (Å²) in [5, 5.41) is 10.8. The van der Waals surface area contributed by atoms with Crippen LogP contribution >= 0.6 is 0 Å². The average Bonchev–Trinajstić information content (AvgIpc) is 2.63. The molecule has 0 amide bonds. The molecule has 0 aliphatic carbocycles. The van der Waals surface area contributed by atoms with Crippen LogP contribution in [0, 0.1) is 0 Å². The molecule has 1 N–H and O–H groups in total. The number of nitrogens with zero attached hydrogens (tertiary/aromatic N) is 5. The maximum atomic E-state index is 3.91. The standard InChI is InChI=1S/C8H10N6/c1-14-6-12-13-8(14)11-4-7-2-9-5-10-3-7/h2-3,5-6H,4H2,1H3,(H,11,13). The number of nitrogens with one attached hydrogen (secondary N) is 1. The number of hydrogen-bond donors (Lipinski definition) is 1. The lowest BCUT2D eigenvalue weighted by Gasteiger charge is -2.03. The molecular weight excluding hydrogens is 180 g/mol. The van der Waals surface area contributed by atoms with Crippen molar-refractivity contribution in [3.8, 4) is 0 Å². The van der Waals surface area contributed by atoms with Gasteiger partial charge in [0.15, 0.2) is 0 Å². The Morgan fingerprint density at radius 1 is 1.36 bits per heavy atom. The number of rotatable bonds is 3. The van der Waals surface area contributed by atoms with E-state index in [1.54, 1.807) is 18.7 Å². The van der Waals surface area contributed by atoms with Crippen molar-refractivity contribution in [3.05, 3.63) is 30.6 Å². The minimum absolute atomic E-state index is 0.646. The van der Waals surface area contributed by atoms with Gasteiger partial charge in [0.1, 0.15) is 12.7 Å². The second kappa shape index (κ2) is 3.82. The Morgan fingerprint density at radius 2 is 2.14 bits per heavy atom. The first kappa shape index (κ1) is 8.61. The van der Waals surface area contributed by atoms with Gasteiger partial charge >= 0.3 is 0 Å². The number of hydrogen-bond acceptors (Lipinski definition) is 5. The molecule has 2 rings (SSSR count). The topological polar surface area (TPSA) is 68.5 Å². The molecule has 0 spiro atoms. The fraction of sp³-hybridized carbons (Fsp3) is 0.250. The summed E-state index contributed by atoms with van der Waals surface area (Å²) >= 11 is 0. The lowest BCUT2D eigenvalue weighted by molar-refractivity contribution is 0.895. The highest BCUT2D eigenvalue weighted by atomic mass is 15.3. The van der Waals surface area contributed by atoms with Gasteiger partial charge in [-0.25, -0.2) is 9.97 Å². The molecular formula is C8H10N6. The second-order valence-electron chi connectivity index (χ2n) is 2.87. The predicted octanol–water partition coefficient (Wildman–Crippen LogP) is 0.217. The zero-order valence-corrected chi connectivity index (χ0v) is 7.75. The van der Waals surface area contributed by atoms with Gasteiger partial charge in [0.2, 0.25) is 5.95 Å². The number of anilines is 1. The van der Waals surface area contributed by atoms with Crippen molar-refractivity contribution < 1.29 is 0 Å². The van der Waals surface area contributed by atoms with Crippen LogP contribution in [-0.4, -0.2) is 24.7 Å². The quantitative estimate of drug-likeness (QED) is 0.749. The summed E-state index contributed by atoms with van der Waals surface area (Å²) < 4.78 is 1.81. The first-order valence-corrected chi connectivity index (χ1v) is 4.18. The molecule has 0 fully saturated rings. The van der Waals surface area contributed by atoms with Crippen molar-refractivity contribution in [2.75, 3.05) is 5.32 Å². The van der Waals surface area contributed by atoms with Crippen LogP contribution in [0.4, 0.5) is 5.95 Å². The first-order valence-electron chi connectivity index (χ1n) is 4.18. The first-order chi connectivity index (χ1) is 6.86. The second-order valence-corrected chi connectivity index (χ2v) is 2.87. The zero-order chi connectivity index (χ0) is 9.80. The largest absolute Gasteiger partial charge is 0.350 e. The normalized spacial score (nSPS) is 10.1. The van der Waals surface area contributed by atoms with Gasteiger partial charge < -0.3 is 9.88 Å². The third kappa shape index (κ3) is 1.85. The van der Waals surface area contributed by atoms with Gasteiger partial charge in [-0.1, -0.05) is 0 Å². The Balaban J connectivity index is 1.99. The van der Waals surface area contributed by atoms with Crippen LogP contribution in [0.25, 0.3) is 0 Å². The Hall–Kier alpha value is -1.98. The zero-order valence-electron chi connectivity index (χ0n) is 7.75. The highest BCUT2D eigenvalue weighted by Gasteiger charge is 1.98. The van der Waals surface area contributed by atoms with Crippen LogP contribution in [0.3, 0.4) is 0 Å². The van der Waals surface area contributed by atoms with E-state index in [2.05, 4.69) is 25.5 Å². The summed E-state index contributed by atoms with van der Waals surface area (Å²) in [5.74, 6) is 0.730. The molecule has 0 saturated carbocycles. The van der Waals surface area contributed by atoms with E-state index in [9.17, 15) is 0 Å². The molecule has 0 radical (unpaired) electrons. The Bertz CT molecular complexity index is 395. The van der Waals surface area contributed by atoms with Crippen LogP contribution in [-0.2, 0) is 13.6 Å². The molecule has 2 heterocycles. The predicted molar refractivity (Wildman–Crippen MR) is 50.4 cm³/mol. The van der Waals surface area contributed by atoms with Gasteiger partial charge in [-0.05, 0) is 0 Å². The van der Waals surface area contributed by atoms with E-state index in [-0.39, 0.29) is 0 Å². The molecule has 0 aliphatic rings. The molecule has 0 bridgehead atoms. The van der Waals surface area contributed by atoms with E-state index < -0.39 is 0 Å². The Labute approximate surface area is 81.0 Å². The molecule has 14 heavy (non-hydrogen) atoms. The molecule has 72 valence electrons. The van der Waals surface area contributed by atoms with Crippen LogP contribution in [0.2, 0.25) is 0 Å². The Morgan fingerprint density at radius 3 is 2.79 bits per heavy atom. The summed E-state index contributed by atoms with van der Waals surface area (Å²) in [5.41, 5.74) is 1.01. The van der Waals surface area contributed by atoms with E-state index in [4.69, 9.17) is 0 Å². The van der Waals surface area contributed by atoms with Gasteiger partial charge in [0, 0.05) is 31.5 Å². The molecule has 6 nitrogen and oxygen atoms in total. The van der Waals surface area contributed by atoms with Crippen LogP contribution in [0.5, 0.6) is 0 Å². The Kier molecular flexibility index (Phi) is 2.35. The molecule has 2 aromatic rings. The third-order valence-corrected chi connectivity index (χ3v) is 1.78. The van der Waals surface area contributed by atoms with Crippen molar-refractivity contribution in [2.24, 2.45) is 7.05 Å². The minimum atomic E-state index is 0.646. The lowest BCUT2D eigenvalue weighted by Crippen LogP contribution is -2.05. The molecule has 0 unspecified atom stereocenters. The van der Waals surface area contributed by atoms with Gasteiger partial charge in [-0.2, -0.15) is 0 Å². The van der Waals surface area contributed by atoms with Gasteiger partial charge in [0.25, 0.3) is 0 Å². The van der Waals surface area contributed by atoms with E-state index in [1.807, 2.05) is 11.6 Å². The number of aryl methyl sites for hydroxylation is 1. The fourth-order valence-corrected chi connectivity index (χ4v) is 1.05. The van der Waals surface area contributed by atoms with Crippen molar-refractivity contribution in [1.29, 1.82) is 0 Å². The van der Waals surface area contributed by atoms with Gasteiger partial charge in [-0.15, -0.1) is 10.2 Å². The van der Waals surface area contributed by atoms with E-state index in [1.165, 1.54) is 6.33 Å². The van der Waals surface area contributed by atoms with Crippen LogP contribution < -0.4 is 5.32 Å². The van der Waals surface area contributed by atoms with Crippen LogP contribution in [0.1, 0.15) is 5.56 Å². The molecule has 2 aromatic heterocycles. The van der Waals surface area contributed by atoms with E-state index >= 15 is 0 Å². The van der Waals surface area contributed by atoms with Crippen molar-refractivity contribution >= 4 is 5.95 Å². The monoisotopic (exact) mass is 190 g/mol. The summed E-state index contributed by atoms with van der Waals surface area (Å²) in [6.45, 7) is 0.646. The van der Waals surface area contributed by atoms with E-state index in [0.29, 0.717) is 6.54 Å². The third-order valence-electron chi connectivity index (χ3n) is 1.78. The summed E-state index contributed by atoms with van der Waals surface area (Å²) in [4.78, 5) is 7.83.